The van der Waals surface area contributed by atoms with Gasteiger partial charge in [-0.15, -0.1) is 0 Å². The van der Waals surface area contributed by atoms with E-state index in [1.54, 1.807) is 30.2 Å². The van der Waals surface area contributed by atoms with Gasteiger partial charge in [0.2, 0.25) is 11.8 Å². The van der Waals surface area contributed by atoms with Crippen LogP contribution in [-0.4, -0.2) is 47.3 Å². The summed E-state index contributed by atoms with van der Waals surface area (Å²) in [5.74, 6) is 0.497. The summed E-state index contributed by atoms with van der Waals surface area (Å²) in [5.41, 5.74) is 3.79. The third kappa shape index (κ3) is 4.16. The molecule has 0 spiro atoms. The average molecular weight is 381 g/mol. The number of hydrogen-bond acceptors (Lipinski definition) is 4. The fraction of sp³-hybridized carbons (Fsp3) is 0.409. The van der Waals surface area contributed by atoms with E-state index in [-0.39, 0.29) is 24.2 Å². The molecule has 0 saturated carbocycles. The molecule has 1 fully saturated rings. The summed E-state index contributed by atoms with van der Waals surface area (Å²) in [6.07, 6.45) is 2.03. The molecule has 1 atom stereocenters. The van der Waals surface area contributed by atoms with E-state index in [4.69, 9.17) is 4.74 Å². The molecule has 2 amide bonds. The number of carbonyl (C=O) groups is 2. The van der Waals surface area contributed by atoms with Gasteiger partial charge in [0.15, 0.2) is 0 Å². The lowest BCUT2D eigenvalue weighted by Gasteiger charge is -2.22. The first kappa shape index (κ1) is 19.9. The number of hydrogen-bond donors (Lipinski definition) is 0. The predicted molar refractivity (Wildman–Crippen MR) is 107 cm³/mol. The van der Waals surface area contributed by atoms with Gasteiger partial charge in [0, 0.05) is 43.9 Å². The summed E-state index contributed by atoms with van der Waals surface area (Å²) in [6, 6.07) is 9.85. The Morgan fingerprint density at radius 1 is 1.29 bits per heavy atom. The number of aryl methyl sites for hydroxylation is 1. The first-order chi connectivity index (χ1) is 13.4. The predicted octanol–water partition coefficient (Wildman–Crippen LogP) is 2.71. The van der Waals surface area contributed by atoms with Crippen molar-refractivity contribution in [1.29, 1.82) is 0 Å². The summed E-state index contributed by atoms with van der Waals surface area (Å²) in [6.45, 7) is 5.30. The van der Waals surface area contributed by atoms with E-state index in [0.29, 0.717) is 19.6 Å². The highest BCUT2D eigenvalue weighted by atomic mass is 16.5. The van der Waals surface area contributed by atoms with Crippen molar-refractivity contribution in [1.82, 2.24) is 14.8 Å². The Kier molecular flexibility index (Phi) is 5.97. The van der Waals surface area contributed by atoms with Gasteiger partial charge in [0.1, 0.15) is 5.75 Å². The first-order valence-corrected chi connectivity index (χ1v) is 9.46. The maximum absolute atomic E-state index is 12.9. The topological polar surface area (TPSA) is 62.7 Å². The molecule has 1 aliphatic rings. The number of carbonyl (C=O) groups excluding carboxylic acids is 2. The molecule has 148 valence electrons. The van der Waals surface area contributed by atoms with Gasteiger partial charge in [0.05, 0.1) is 25.3 Å². The maximum Gasteiger partial charge on any atom is 0.228 e. The Balaban J connectivity index is 1.65. The number of methoxy groups -OCH3 is 1. The highest BCUT2D eigenvalue weighted by Gasteiger charge is 2.35. The molecular weight excluding hydrogens is 354 g/mol. The molecule has 28 heavy (non-hydrogen) atoms. The Morgan fingerprint density at radius 3 is 2.68 bits per heavy atom. The normalized spacial score (nSPS) is 16.4. The van der Waals surface area contributed by atoms with Crippen molar-refractivity contribution in [3.8, 4) is 5.75 Å². The van der Waals surface area contributed by atoms with Crippen molar-refractivity contribution in [3.05, 3.63) is 58.9 Å². The fourth-order valence-electron chi connectivity index (χ4n) is 3.74. The minimum atomic E-state index is -0.311. The minimum Gasteiger partial charge on any atom is -0.496 e. The Hall–Kier alpha value is -2.89. The van der Waals surface area contributed by atoms with Gasteiger partial charge in [0.25, 0.3) is 0 Å². The zero-order chi connectivity index (χ0) is 20.3. The number of ether oxygens (including phenoxy) is 1. The van der Waals surface area contributed by atoms with Crippen LogP contribution in [0.1, 0.15) is 28.8 Å². The third-order valence-corrected chi connectivity index (χ3v) is 5.29. The summed E-state index contributed by atoms with van der Waals surface area (Å²) < 4.78 is 5.45. The molecule has 0 bridgehead atoms. The van der Waals surface area contributed by atoms with E-state index in [1.165, 1.54) is 0 Å². The van der Waals surface area contributed by atoms with Gasteiger partial charge in [-0.25, -0.2) is 0 Å². The summed E-state index contributed by atoms with van der Waals surface area (Å²) in [7, 11) is 3.40. The van der Waals surface area contributed by atoms with Crippen LogP contribution in [0.25, 0.3) is 0 Å². The van der Waals surface area contributed by atoms with Gasteiger partial charge >= 0.3 is 0 Å². The zero-order valence-electron chi connectivity index (χ0n) is 16.9. The number of pyridine rings is 1. The fourth-order valence-corrected chi connectivity index (χ4v) is 3.74. The standard InChI is InChI=1S/C22H27N3O3/c1-15-11-23-19(16(2)21(15)28-4)14-24(3)22(27)18-10-20(26)25(13-18)12-17-8-6-5-7-9-17/h5-9,11,18H,10,12-14H2,1-4H3. The Morgan fingerprint density at radius 2 is 2.00 bits per heavy atom. The summed E-state index contributed by atoms with van der Waals surface area (Å²) in [4.78, 5) is 33.2. The van der Waals surface area contributed by atoms with Gasteiger partial charge in [-0.05, 0) is 19.4 Å². The van der Waals surface area contributed by atoms with Gasteiger partial charge in [-0.2, -0.15) is 0 Å². The number of likely N-dealkylation sites (tertiary alicyclic amines) is 1. The molecule has 0 N–H and O–H groups in total. The van der Waals surface area contributed by atoms with E-state index >= 15 is 0 Å². The molecule has 1 aromatic carbocycles. The smallest absolute Gasteiger partial charge is 0.228 e. The molecule has 2 aromatic rings. The zero-order valence-corrected chi connectivity index (χ0v) is 16.9. The second kappa shape index (κ2) is 8.42. The Bertz CT molecular complexity index is 867. The van der Waals surface area contributed by atoms with Crippen molar-refractivity contribution in [2.75, 3.05) is 20.7 Å². The van der Waals surface area contributed by atoms with Crippen molar-refractivity contribution < 1.29 is 14.3 Å². The number of nitrogens with zero attached hydrogens (tertiary/aromatic N) is 3. The molecule has 1 aliphatic heterocycles. The number of aromatic nitrogens is 1. The molecule has 2 heterocycles. The van der Waals surface area contributed by atoms with Crippen LogP contribution in [0, 0.1) is 19.8 Å². The lowest BCUT2D eigenvalue weighted by atomic mass is 10.1. The number of amides is 2. The summed E-state index contributed by atoms with van der Waals surface area (Å²) in [5, 5.41) is 0. The molecule has 1 unspecified atom stereocenters. The summed E-state index contributed by atoms with van der Waals surface area (Å²) >= 11 is 0. The van der Waals surface area contributed by atoms with Gasteiger partial charge in [-0.1, -0.05) is 30.3 Å². The van der Waals surface area contributed by atoms with Crippen molar-refractivity contribution in [2.24, 2.45) is 5.92 Å². The van der Waals surface area contributed by atoms with Crippen LogP contribution in [0.4, 0.5) is 0 Å². The van der Waals surface area contributed by atoms with Crippen molar-refractivity contribution in [3.63, 3.8) is 0 Å². The van der Waals surface area contributed by atoms with E-state index in [0.717, 1.165) is 28.1 Å². The van der Waals surface area contributed by atoms with Crippen LogP contribution in [0.15, 0.2) is 36.5 Å². The van der Waals surface area contributed by atoms with Crippen LogP contribution in [0.3, 0.4) is 0 Å². The first-order valence-electron chi connectivity index (χ1n) is 9.46. The molecule has 6 nitrogen and oxygen atoms in total. The average Bonchev–Trinajstić information content (AvgIpc) is 3.05. The monoisotopic (exact) mass is 381 g/mol. The van der Waals surface area contributed by atoms with Crippen LogP contribution < -0.4 is 4.74 Å². The quantitative estimate of drug-likeness (QED) is 0.772. The number of benzene rings is 1. The van der Waals surface area contributed by atoms with Crippen LogP contribution in [0.5, 0.6) is 5.75 Å². The van der Waals surface area contributed by atoms with E-state index in [2.05, 4.69) is 4.98 Å². The van der Waals surface area contributed by atoms with Crippen molar-refractivity contribution in [2.45, 2.75) is 33.4 Å². The Labute approximate surface area is 166 Å². The molecule has 1 saturated heterocycles. The molecule has 3 rings (SSSR count). The molecule has 6 heteroatoms. The second-order valence-corrected chi connectivity index (χ2v) is 7.40. The largest absolute Gasteiger partial charge is 0.496 e. The van der Waals surface area contributed by atoms with E-state index < -0.39 is 0 Å². The lowest BCUT2D eigenvalue weighted by Crippen LogP contribution is -2.34. The van der Waals surface area contributed by atoms with Crippen LogP contribution in [-0.2, 0) is 22.7 Å². The van der Waals surface area contributed by atoms with E-state index in [9.17, 15) is 9.59 Å². The van der Waals surface area contributed by atoms with Gasteiger partial charge < -0.3 is 14.5 Å². The van der Waals surface area contributed by atoms with E-state index in [1.807, 2.05) is 44.2 Å². The maximum atomic E-state index is 12.9. The SMILES string of the molecule is COc1c(C)cnc(CN(C)C(=O)C2CC(=O)N(Cc3ccccc3)C2)c1C. The highest BCUT2D eigenvalue weighted by Crippen LogP contribution is 2.26. The highest BCUT2D eigenvalue weighted by molar-refractivity contribution is 5.89. The van der Waals surface area contributed by atoms with Crippen LogP contribution >= 0.6 is 0 Å². The number of rotatable bonds is 6. The van der Waals surface area contributed by atoms with Crippen molar-refractivity contribution >= 4 is 11.8 Å². The molecule has 0 radical (unpaired) electrons. The molecule has 1 aromatic heterocycles. The second-order valence-electron chi connectivity index (χ2n) is 7.40. The lowest BCUT2D eigenvalue weighted by molar-refractivity contribution is -0.135. The minimum absolute atomic E-state index is 0.0235. The third-order valence-electron chi connectivity index (χ3n) is 5.29. The van der Waals surface area contributed by atoms with Gasteiger partial charge in [-0.3, -0.25) is 14.6 Å². The van der Waals surface area contributed by atoms with Crippen LogP contribution in [0.2, 0.25) is 0 Å². The molecular formula is C22H27N3O3. The molecule has 0 aliphatic carbocycles.